The van der Waals surface area contributed by atoms with E-state index in [1.165, 1.54) is 0 Å². The van der Waals surface area contributed by atoms with E-state index >= 15 is 0 Å². The summed E-state index contributed by atoms with van der Waals surface area (Å²) in [7, 11) is 0. The summed E-state index contributed by atoms with van der Waals surface area (Å²) < 4.78 is 1.69. The fourth-order valence-corrected chi connectivity index (χ4v) is 1.99. The molecule has 0 saturated carbocycles. The van der Waals surface area contributed by atoms with E-state index in [0.29, 0.717) is 18.2 Å². The molecule has 0 aliphatic heterocycles. The summed E-state index contributed by atoms with van der Waals surface area (Å²) in [6.45, 7) is 6.92. The van der Waals surface area contributed by atoms with Crippen molar-refractivity contribution in [3.8, 4) is 11.3 Å². The van der Waals surface area contributed by atoms with Crippen LogP contribution in [0.2, 0.25) is 0 Å². The standard InChI is InChI=1S/C15H19N3O2/c1-10(2)8-9-18-14(13(15(19)20)16-17-18)12-6-4-11(3)5-7-12/h4-7,10H,8-9H2,1-3H3,(H,19,20). The molecule has 0 aliphatic carbocycles. The predicted molar refractivity (Wildman–Crippen MR) is 76.6 cm³/mol. The second kappa shape index (κ2) is 5.86. The summed E-state index contributed by atoms with van der Waals surface area (Å²) >= 11 is 0. The van der Waals surface area contributed by atoms with Crippen LogP contribution in [0.4, 0.5) is 0 Å². The van der Waals surface area contributed by atoms with E-state index in [9.17, 15) is 9.90 Å². The molecule has 0 bridgehead atoms. The van der Waals surface area contributed by atoms with Gasteiger partial charge in [0.25, 0.3) is 0 Å². The van der Waals surface area contributed by atoms with Gasteiger partial charge in [-0.05, 0) is 19.3 Å². The average Bonchev–Trinajstić information content (AvgIpc) is 2.81. The van der Waals surface area contributed by atoms with Crippen LogP contribution in [-0.2, 0) is 6.54 Å². The summed E-state index contributed by atoms with van der Waals surface area (Å²) in [5.74, 6) is -0.519. The number of carboxylic acid groups (broad SMARTS) is 1. The number of nitrogens with zero attached hydrogens (tertiary/aromatic N) is 3. The first-order valence-electron chi connectivity index (χ1n) is 6.73. The molecule has 0 spiro atoms. The Balaban J connectivity index is 2.44. The lowest BCUT2D eigenvalue weighted by Gasteiger charge is -2.09. The highest BCUT2D eigenvalue weighted by Crippen LogP contribution is 2.23. The van der Waals surface area contributed by atoms with Crippen LogP contribution in [0.3, 0.4) is 0 Å². The molecule has 106 valence electrons. The summed E-state index contributed by atoms with van der Waals surface area (Å²) in [6, 6.07) is 7.74. The number of aromatic carboxylic acids is 1. The molecule has 0 aliphatic rings. The number of rotatable bonds is 5. The molecule has 0 saturated heterocycles. The maximum atomic E-state index is 11.3. The van der Waals surface area contributed by atoms with E-state index < -0.39 is 5.97 Å². The van der Waals surface area contributed by atoms with Gasteiger partial charge in [0.15, 0.2) is 5.69 Å². The number of aromatic nitrogens is 3. The Morgan fingerprint density at radius 2 is 1.95 bits per heavy atom. The van der Waals surface area contributed by atoms with Crippen LogP contribution in [0.5, 0.6) is 0 Å². The van der Waals surface area contributed by atoms with E-state index in [1.54, 1.807) is 4.68 Å². The number of benzene rings is 1. The first-order valence-corrected chi connectivity index (χ1v) is 6.73. The molecule has 1 aromatic carbocycles. The van der Waals surface area contributed by atoms with Gasteiger partial charge < -0.3 is 5.11 Å². The molecule has 5 heteroatoms. The van der Waals surface area contributed by atoms with E-state index in [1.807, 2.05) is 31.2 Å². The second-order valence-electron chi connectivity index (χ2n) is 5.36. The minimum atomic E-state index is -1.05. The average molecular weight is 273 g/mol. The number of carboxylic acids is 1. The zero-order valence-electron chi connectivity index (χ0n) is 12.0. The van der Waals surface area contributed by atoms with Gasteiger partial charge in [0, 0.05) is 12.1 Å². The van der Waals surface area contributed by atoms with E-state index in [0.717, 1.165) is 17.5 Å². The highest BCUT2D eigenvalue weighted by molar-refractivity contribution is 5.92. The summed E-state index contributed by atoms with van der Waals surface area (Å²) in [5.41, 5.74) is 2.56. The molecular formula is C15H19N3O2. The minimum absolute atomic E-state index is 0.0117. The highest BCUT2D eigenvalue weighted by Gasteiger charge is 2.20. The van der Waals surface area contributed by atoms with E-state index in [4.69, 9.17) is 0 Å². The molecule has 20 heavy (non-hydrogen) atoms. The fourth-order valence-electron chi connectivity index (χ4n) is 1.99. The number of hydrogen-bond acceptors (Lipinski definition) is 3. The predicted octanol–water partition coefficient (Wildman–Crippen LogP) is 3.00. The fraction of sp³-hybridized carbons (Fsp3) is 0.400. The monoisotopic (exact) mass is 273 g/mol. The Morgan fingerprint density at radius 1 is 1.30 bits per heavy atom. The van der Waals surface area contributed by atoms with Gasteiger partial charge in [-0.3, -0.25) is 0 Å². The maximum absolute atomic E-state index is 11.3. The SMILES string of the molecule is Cc1ccc(-c2c(C(=O)O)nnn2CCC(C)C)cc1. The Hall–Kier alpha value is -2.17. The van der Waals surface area contributed by atoms with Crippen molar-refractivity contribution in [1.29, 1.82) is 0 Å². The quantitative estimate of drug-likeness (QED) is 0.909. The Morgan fingerprint density at radius 3 is 2.50 bits per heavy atom. The molecule has 5 nitrogen and oxygen atoms in total. The molecule has 0 radical (unpaired) electrons. The number of aryl methyl sites for hydroxylation is 2. The van der Waals surface area contributed by atoms with Gasteiger partial charge in [-0.1, -0.05) is 48.9 Å². The lowest BCUT2D eigenvalue weighted by molar-refractivity contribution is 0.0691. The molecule has 2 rings (SSSR count). The summed E-state index contributed by atoms with van der Waals surface area (Å²) in [4.78, 5) is 11.3. The lowest BCUT2D eigenvalue weighted by atomic mass is 10.1. The first kappa shape index (κ1) is 14.2. The van der Waals surface area contributed by atoms with Crippen LogP contribution in [-0.4, -0.2) is 26.1 Å². The molecular weight excluding hydrogens is 254 g/mol. The van der Waals surface area contributed by atoms with Crippen LogP contribution in [0.15, 0.2) is 24.3 Å². The maximum Gasteiger partial charge on any atom is 0.358 e. The van der Waals surface area contributed by atoms with Gasteiger partial charge in [0.2, 0.25) is 0 Å². The third-order valence-electron chi connectivity index (χ3n) is 3.18. The van der Waals surface area contributed by atoms with Crippen molar-refractivity contribution in [2.75, 3.05) is 0 Å². The van der Waals surface area contributed by atoms with E-state index in [-0.39, 0.29) is 5.69 Å². The molecule has 0 unspecified atom stereocenters. The van der Waals surface area contributed by atoms with Crippen molar-refractivity contribution in [2.45, 2.75) is 33.7 Å². The van der Waals surface area contributed by atoms with Crippen molar-refractivity contribution < 1.29 is 9.90 Å². The minimum Gasteiger partial charge on any atom is -0.476 e. The molecule has 1 aromatic heterocycles. The third kappa shape index (κ3) is 3.04. The third-order valence-corrected chi connectivity index (χ3v) is 3.18. The Kier molecular flexibility index (Phi) is 4.17. The lowest BCUT2D eigenvalue weighted by Crippen LogP contribution is -2.07. The van der Waals surface area contributed by atoms with Gasteiger partial charge in [-0.2, -0.15) is 0 Å². The van der Waals surface area contributed by atoms with Crippen LogP contribution in [0, 0.1) is 12.8 Å². The topological polar surface area (TPSA) is 68.0 Å². The van der Waals surface area contributed by atoms with Crippen LogP contribution >= 0.6 is 0 Å². The molecule has 0 atom stereocenters. The van der Waals surface area contributed by atoms with E-state index in [2.05, 4.69) is 24.2 Å². The van der Waals surface area contributed by atoms with Crippen molar-refractivity contribution in [2.24, 2.45) is 5.92 Å². The van der Waals surface area contributed by atoms with Gasteiger partial charge in [0.05, 0.1) is 0 Å². The summed E-state index contributed by atoms with van der Waals surface area (Å²) in [5, 5.41) is 17.1. The van der Waals surface area contributed by atoms with Crippen molar-refractivity contribution in [3.63, 3.8) is 0 Å². The van der Waals surface area contributed by atoms with Gasteiger partial charge in [-0.25, -0.2) is 9.48 Å². The first-order chi connectivity index (χ1) is 9.49. The van der Waals surface area contributed by atoms with Crippen molar-refractivity contribution in [3.05, 3.63) is 35.5 Å². The van der Waals surface area contributed by atoms with Gasteiger partial charge in [0.1, 0.15) is 5.69 Å². The van der Waals surface area contributed by atoms with Crippen molar-refractivity contribution in [1.82, 2.24) is 15.0 Å². The normalized spacial score (nSPS) is 11.0. The Bertz CT molecular complexity index is 600. The molecule has 0 amide bonds. The largest absolute Gasteiger partial charge is 0.476 e. The molecule has 2 aromatic rings. The zero-order chi connectivity index (χ0) is 14.7. The van der Waals surface area contributed by atoms with Crippen LogP contribution in [0.1, 0.15) is 36.3 Å². The molecule has 1 heterocycles. The summed E-state index contributed by atoms with van der Waals surface area (Å²) in [6.07, 6.45) is 0.932. The second-order valence-corrected chi connectivity index (χ2v) is 5.36. The van der Waals surface area contributed by atoms with Crippen LogP contribution < -0.4 is 0 Å². The molecule has 1 N–H and O–H groups in total. The smallest absolute Gasteiger partial charge is 0.358 e. The zero-order valence-corrected chi connectivity index (χ0v) is 12.0. The van der Waals surface area contributed by atoms with Crippen LogP contribution in [0.25, 0.3) is 11.3 Å². The molecule has 0 fully saturated rings. The van der Waals surface area contributed by atoms with Crippen molar-refractivity contribution >= 4 is 5.97 Å². The Labute approximate surface area is 118 Å². The highest BCUT2D eigenvalue weighted by atomic mass is 16.4. The van der Waals surface area contributed by atoms with Gasteiger partial charge >= 0.3 is 5.97 Å². The number of carbonyl (C=O) groups is 1. The van der Waals surface area contributed by atoms with Gasteiger partial charge in [-0.15, -0.1) is 5.10 Å². The number of hydrogen-bond donors (Lipinski definition) is 1.